The Balaban J connectivity index is 1.39. The summed E-state index contributed by atoms with van der Waals surface area (Å²) in [7, 11) is 0. The van der Waals surface area contributed by atoms with Gasteiger partial charge in [-0.1, -0.05) is 90.7 Å². The Morgan fingerprint density at radius 2 is 1.18 bits per heavy atom. The molecular formula is C36H25FO2. The van der Waals surface area contributed by atoms with E-state index in [1.165, 1.54) is 12.1 Å². The molecule has 188 valence electrons. The maximum atomic E-state index is 13.6. The average Bonchev–Trinajstić information content (AvgIpc) is 2.98. The zero-order chi connectivity index (χ0) is 26.4. The smallest absolute Gasteiger partial charge is 0.169 e. The average molecular weight is 509 g/mol. The molecule has 0 heterocycles. The normalized spacial score (nSPS) is 10.7. The van der Waals surface area contributed by atoms with Crippen molar-refractivity contribution in [1.82, 2.24) is 0 Å². The van der Waals surface area contributed by atoms with Crippen LogP contribution in [0.2, 0.25) is 0 Å². The van der Waals surface area contributed by atoms with Crippen molar-refractivity contribution in [2.24, 2.45) is 0 Å². The molecule has 39 heavy (non-hydrogen) atoms. The lowest BCUT2D eigenvalue weighted by Gasteiger charge is -2.16. The highest BCUT2D eigenvalue weighted by molar-refractivity contribution is 6.02. The van der Waals surface area contributed by atoms with Gasteiger partial charge in [0.2, 0.25) is 0 Å². The van der Waals surface area contributed by atoms with E-state index >= 15 is 0 Å². The predicted molar refractivity (Wildman–Crippen MR) is 155 cm³/mol. The summed E-state index contributed by atoms with van der Waals surface area (Å²) in [6, 6.07) is 41.0. The molecule has 0 unspecified atom stereocenters. The minimum atomic E-state index is -0.292. The molecule has 0 aliphatic carbocycles. The highest BCUT2D eigenvalue weighted by Crippen LogP contribution is 2.39. The van der Waals surface area contributed by atoms with E-state index in [1.807, 2.05) is 60.7 Å². The van der Waals surface area contributed by atoms with Gasteiger partial charge in [0.1, 0.15) is 19.0 Å². The van der Waals surface area contributed by atoms with E-state index < -0.39 is 0 Å². The molecule has 0 N–H and O–H groups in total. The van der Waals surface area contributed by atoms with Gasteiger partial charge in [-0.2, -0.15) is 0 Å². The Morgan fingerprint density at radius 1 is 0.513 bits per heavy atom. The Morgan fingerprint density at radius 3 is 1.90 bits per heavy atom. The first kappa shape index (κ1) is 24.3. The van der Waals surface area contributed by atoms with Gasteiger partial charge < -0.3 is 9.47 Å². The zero-order valence-electron chi connectivity index (χ0n) is 21.2. The van der Waals surface area contributed by atoms with Crippen LogP contribution in [-0.4, -0.2) is 0 Å². The van der Waals surface area contributed by atoms with Crippen LogP contribution in [-0.2, 0) is 13.2 Å². The third kappa shape index (κ3) is 5.76. The molecule has 0 saturated carbocycles. The lowest BCUT2D eigenvalue weighted by molar-refractivity contribution is 0.259. The summed E-state index contributed by atoms with van der Waals surface area (Å²) >= 11 is 0. The van der Waals surface area contributed by atoms with Gasteiger partial charge in [0, 0.05) is 16.5 Å². The standard InChI is InChI=1S/C36H25FO2/c37-33-13-7-12-26(21-33)14-15-27-16-17-30-22-31-18-19-35(38-24-28-8-3-1-4-9-28)36(34(31)23-32(30)20-27)39-25-29-10-5-2-6-11-29/h1-13,16-23H,24-25H2. The quantitative estimate of drug-likeness (QED) is 0.165. The SMILES string of the molecule is Fc1cccc(C#Cc2ccc3cc4ccc(OCc5ccccc5)c(OCc5ccccc5)c4cc3c2)c1. The van der Waals surface area contributed by atoms with Crippen LogP contribution in [0.25, 0.3) is 21.5 Å². The van der Waals surface area contributed by atoms with E-state index in [0.29, 0.717) is 30.3 Å². The maximum absolute atomic E-state index is 13.6. The molecule has 0 saturated heterocycles. The molecule has 3 heteroatoms. The van der Waals surface area contributed by atoms with Crippen molar-refractivity contribution < 1.29 is 13.9 Å². The highest BCUT2D eigenvalue weighted by Gasteiger charge is 2.13. The molecule has 6 aromatic rings. The molecule has 2 nitrogen and oxygen atoms in total. The lowest BCUT2D eigenvalue weighted by atomic mass is 10.0. The molecule has 0 radical (unpaired) electrons. The summed E-state index contributed by atoms with van der Waals surface area (Å²) in [6.07, 6.45) is 0. The van der Waals surface area contributed by atoms with Gasteiger partial charge in [-0.05, 0) is 75.8 Å². The van der Waals surface area contributed by atoms with Gasteiger partial charge in [-0.25, -0.2) is 4.39 Å². The first-order chi connectivity index (χ1) is 19.2. The van der Waals surface area contributed by atoms with Crippen molar-refractivity contribution in [2.45, 2.75) is 13.2 Å². The Hall–Kier alpha value is -5.07. The fraction of sp³-hybridized carbons (Fsp3) is 0.0556. The molecular weight excluding hydrogens is 483 g/mol. The van der Waals surface area contributed by atoms with Crippen molar-refractivity contribution in [3.63, 3.8) is 0 Å². The van der Waals surface area contributed by atoms with E-state index in [1.54, 1.807) is 12.1 Å². The highest BCUT2D eigenvalue weighted by atomic mass is 19.1. The minimum absolute atomic E-state index is 0.292. The number of rotatable bonds is 6. The van der Waals surface area contributed by atoms with Gasteiger partial charge in [0.25, 0.3) is 0 Å². The van der Waals surface area contributed by atoms with Crippen LogP contribution in [0.15, 0.2) is 127 Å². The summed E-state index contributed by atoms with van der Waals surface area (Å²) < 4.78 is 26.3. The predicted octanol–water partition coefficient (Wildman–Crippen LogP) is 8.69. The van der Waals surface area contributed by atoms with Crippen LogP contribution in [0.3, 0.4) is 0 Å². The third-order valence-corrected chi connectivity index (χ3v) is 6.53. The van der Waals surface area contributed by atoms with Crippen LogP contribution >= 0.6 is 0 Å². The Bertz CT molecular complexity index is 1820. The number of hydrogen-bond donors (Lipinski definition) is 0. The van der Waals surface area contributed by atoms with Gasteiger partial charge >= 0.3 is 0 Å². The minimum Gasteiger partial charge on any atom is -0.485 e. The second-order valence-corrected chi connectivity index (χ2v) is 9.34. The molecule has 0 bridgehead atoms. The van der Waals surface area contributed by atoms with Gasteiger partial charge in [0.05, 0.1) is 0 Å². The van der Waals surface area contributed by atoms with Crippen molar-refractivity contribution in [3.05, 3.63) is 155 Å². The van der Waals surface area contributed by atoms with Crippen LogP contribution < -0.4 is 9.47 Å². The van der Waals surface area contributed by atoms with Crippen molar-refractivity contribution in [1.29, 1.82) is 0 Å². The summed E-state index contributed by atoms with van der Waals surface area (Å²) in [4.78, 5) is 0. The van der Waals surface area contributed by atoms with E-state index in [0.717, 1.165) is 38.2 Å². The molecule has 0 aromatic heterocycles. The Kier molecular flexibility index (Phi) is 6.93. The van der Waals surface area contributed by atoms with E-state index in [4.69, 9.17) is 9.47 Å². The first-order valence-electron chi connectivity index (χ1n) is 12.8. The van der Waals surface area contributed by atoms with Crippen LogP contribution in [0.1, 0.15) is 22.3 Å². The van der Waals surface area contributed by atoms with Gasteiger partial charge in [0.15, 0.2) is 11.5 Å². The molecule has 0 fully saturated rings. The molecule has 0 aliphatic heterocycles. The van der Waals surface area contributed by atoms with E-state index in [9.17, 15) is 4.39 Å². The molecule has 6 aromatic carbocycles. The summed E-state index contributed by atoms with van der Waals surface area (Å²) in [5.74, 6) is 7.35. The van der Waals surface area contributed by atoms with Crippen LogP contribution in [0, 0.1) is 17.7 Å². The topological polar surface area (TPSA) is 18.5 Å². The summed E-state index contributed by atoms with van der Waals surface area (Å²) in [6.45, 7) is 0.875. The summed E-state index contributed by atoms with van der Waals surface area (Å²) in [5.41, 5.74) is 3.67. The molecule has 0 spiro atoms. The van der Waals surface area contributed by atoms with Crippen LogP contribution in [0.4, 0.5) is 4.39 Å². The second kappa shape index (κ2) is 11.1. The number of ether oxygens (including phenoxy) is 2. The molecule has 0 aliphatic rings. The van der Waals surface area contributed by atoms with Crippen molar-refractivity contribution in [2.75, 3.05) is 0 Å². The van der Waals surface area contributed by atoms with E-state index in [2.05, 4.69) is 54.3 Å². The monoisotopic (exact) mass is 508 g/mol. The largest absolute Gasteiger partial charge is 0.485 e. The molecule has 6 rings (SSSR count). The second-order valence-electron chi connectivity index (χ2n) is 9.34. The number of benzene rings is 6. The summed E-state index contributed by atoms with van der Waals surface area (Å²) in [5, 5.41) is 4.18. The van der Waals surface area contributed by atoms with Crippen LogP contribution in [0.5, 0.6) is 11.5 Å². The number of fused-ring (bicyclic) bond motifs is 2. The number of halogens is 1. The van der Waals surface area contributed by atoms with Crippen molar-refractivity contribution >= 4 is 21.5 Å². The fourth-order valence-corrected chi connectivity index (χ4v) is 4.54. The first-order valence-corrected chi connectivity index (χ1v) is 12.8. The maximum Gasteiger partial charge on any atom is 0.169 e. The lowest BCUT2D eigenvalue weighted by Crippen LogP contribution is -2.01. The fourth-order valence-electron chi connectivity index (χ4n) is 4.54. The Labute approximate surface area is 227 Å². The van der Waals surface area contributed by atoms with Crippen molar-refractivity contribution in [3.8, 4) is 23.3 Å². The van der Waals surface area contributed by atoms with Gasteiger partial charge in [-0.15, -0.1) is 0 Å². The number of hydrogen-bond acceptors (Lipinski definition) is 2. The van der Waals surface area contributed by atoms with Gasteiger partial charge in [-0.3, -0.25) is 0 Å². The zero-order valence-corrected chi connectivity index (χ0v) is 21.2. The third-order valence-electron chi connectivity index (χ3n) is 6.53. The molecule has 0 atom stereocenters. The van der Waals surface area contributed by atoms with E-state index in [-0.39, 0.29) is 5.82 Å². The molecule has 0 amide bonds.